The summed E-state index contributed by atoms with van der Waals surface area (Å²) in [6, 6.07) is 11.5. The summed E-state index contributed by atoms with van der Waals surface area (Å²) >= 11 is 1.47. The quantitative estimate of drug-likeness (QED) is 0.714. The van der Waals surface area contributed by atoms with E-state index in [0.29, 0.717) is 37.4 Å². The molecule has 0 aliphatic carbocycles. The van der Waals surface area contributed by atoms with Crippen LogP contribution in [0.3, 0.4) is 0 Å². The molecule has 1 aliphatic rings. The van der Waals surface area contributed by atoms with Crippen molar-refractivity contribution in [2.45, 2.75) is 0 Å². The highest BCUT2D eigenvalue weighted by Gasteiger charge is 2.27. The first-order valence-corrected chi connectivity index (χ1v) is 9.22. The van der Waals surface area contributed by atoms with Crippen LogP contribution < -0.4 is 0 Å². The third-order valence-electron chi connectivity index (χ3n) is 4.37. The van der Waals surface area contributed by atoms with Crippen LogP contribution in [0.5, 0.6) is 0 Å². The topological polar surface area (TPSA) is 66.7 Å². The van der Waals surface area contributed by atoms with E-state index < -0.39 is 0 Å². The number of thiazole rings is 1. The molecule has 3 aromatic rings. The molecule has 132 valence electrons. The minimum absolute atomic E-state index is 0.0640. The molecule has 1 aromatic carbocycles. The fraction of sp³-hybridized carbons (Fsp3) is 0.211. The van der Waals surface area contributed by atoms with Crippen LogP contribution in [0.4, 0.5) is 0 Å². The first kappa shape index (κ1) is 16.5. The smallest absolute Gasteiger partial charge is 0.273 e. The van der Waals surface area contributed by atoms with Crippen LogP contribution in [0.1, 0.15) is 20.8 Å². The molecule has 0 N–H and O–H groups in total. The van der Waals surface area contributed by atoms with Crippen LogP contribution in [0.25, 0.3) is 10.6 Å². The molecular weight excluding hydrogens is 350 g/mol. The highest BCUT2D eigenvalue weighted by molar-refractivity contribution is 7.13. The van der Waals surface area contributed by atoms with Gasteiger partial charge in [-0.15, -0.1) is 11.3 Å². The Morgan fingerprint density at radius 1 is 0.962 bits per heavy atom. The average molecular weight is 367 g/mol. The summed E-state index contributed by atoms with van der Waals surface area (Å²) in [5, 5.41) is 2.64. The number of hydrogen-bond donors (Lipinski definition) is 0. The number of carbonyl (C=O) groups excluding carboxylic acids is 2. The van der Waals surface area contributed by atoms with E-state index in [2.05, 4.69) is 4.98 Å². The van der Waals surface area contributed by atoms with E-state index in [0.717, 1.165) is 10.6 Å². The molecule has 4 rings (SSSR count). The number of furan rings is 1. The molecule has 1 saturated heterocycles. The lowest BCUT2D eigenvalue weighted by Crippen LogP contribution is -2.50. The number of aromatic nitrogens is 1. The number of rotatable bonds is 3. The van der Waals surface area contributed by atoms with E-state index in [-0.39, 0.29) is 11.8 Å². The van der Waals surface area contributed by atoms with E-state index in [1.165, 1.54) is 23.9 Å². The first-order valence-electron chi connectivity index (χ1n) is 8.34. The van der Waals surface area contributed by atoms with Crippen molar-refractivity contribution in [2.24, 2.45) is 0 Å². The summed E-state index contributed by atoms with van der Waals surface area (Å²) in [6.45, 7) is 2.01. The van der Waals surface area contributed by atoms with Crippen LogP contribution >= 0.6 is 11.3 Å². The second-order valence-electron chi connectivity index (χ2n) is 6.00. The van der Waals surface area contributed by atoms with Gasteiger partial charge in [-0.1, -0.05) is 30.3 Å². The van der Waals surface area contributed by atoms with Crippen LogP contribution in [0, 0.1) is 0 Å². The highest BCUT2D eigenvalue weighted by Crippen LogP contribution is 2.24. The maximum atomic E-state index is 12.7. The van der Waals surface area contributed by atoms with Crippen molar-refractivity contribution in [1.82, 2.24) is 14.8 Å². The predicted molar refractivity (Wildman–Crippen MR) is 98.1 cm³/mol. The minimum atomic E-state index is -0.0844. The highest BCUT2D eigenvalue weighted by atomic mass is 32.1. The molecule has 0 spiro atoms. The lowest BCUT2D eigenvalue weighted by molar-refractivity contribution is 0.0532. The van der Waals surface area contributed by atoms with Crippen LogP contribution in [-0.2, 0) is 0 Å². The molecule has 1 aliphatic heterocycles. The van der Waals surface area contributed by atoms with Gasteiger partial charge >= 0.3 is 0 Å². The molecule has 0 saturated carbocycles. The largest absolute Gasteiger partial charge is 0.472 e. The Morgan fingerprint density at radius 2 is 1.65 bits per heavy atom. The Bertz CT molecular complexity index is 897. The molecule has 0 atom stereocenters. The molecule has 1 fully saturated rings. The van der Waals surface area contributed by atoms with E-state index in [1.54, 1.807) is 21.2 Å². The van der Waals surface area contributed by atoms with Crippen molar-refractivity contribution in [3.8, 4) is 10.6 Å². The number of amides is 2. The van der Waals surface area contributed by atoms with Gasteiger partial charge in [0.1, 0.15) is 17.0 Å². The molecular formula is C19H17N3O3S. The fourth-order valence-corrected chi connectivity index (χ4v) is 3.73. The average Bonchev–Trinajstić information content (AvgIpc) is 3.40. The van der Waals surface area contributed by atoms with E-state index >= 15 is 0 Å². The van der Waals surface area contributed by atoms with Crippen LogP contribution in [-0.4, -0.2) is 52.8 Å². The van der Waals surface area contributed by atoms with E-state index in [4.69, 9.17) is 4.42 Å². The van der Waals surface area contributed by atoms with Crippen molar-refractivity contribution < 1.29 is 14.0 Å². The van der Waals surface area contributed by atoms with E-state index in [9.17, 15) is 9.59 Å². The van der Waals surface area contributed by atoms with Gasteiger partial charge in [-0.25, -0.2) is 4.98 Å². The summed E-state index contributed by atoms with van der Waals surface area (Å²) in [4.78, 5) is 33.0. The molecule has 0 unspecified atom stereocenters. The third-order valence-corrected chi connectivity index (χ3v) is 5.26. The molecule has 26 heavy (non-hydrogen) atoms. The SMILES string of the molecule is O=C(c1ccoc1)N1CCN(C(=O)c2csc(-c3ccccc3)n2)CC1. The molecule has 6 nitrogen and oxygen atoms in total. The molecule has 7 heteroatoms. The standard InChI is InChI=1S/C19H17N3O3S/c23-18(15-6-11-25-12-15)21-7-9-22(10-8-21)19(24)16-13-26-17(20-16)14-4-2-1-3-5-14/h1-6,11-13H,7-10H2. The van der Waals surface area contributed by atoms with Crippen molar-refractivity contribution in [3.05, 3.63) is 65.6 Å². The van der Waals surface area contributed by atoms with Crippen LogP contribution in [0.15, 0.2) is 58.7 Å². The second kappa shape index (κ2) is 7.13. The number of benzene rings is 1. The summed E-state index contributed by atoms with van der Waals surface area (Å²) in [5.74, 6) is -0.148. The van der Waals surface area contributed by atoms with Gasteiger partial charge < -0.3 is 14.2 Å². The van der Waals surface area contributed by atoms with Gasteiger partial charge in [0.2, 0.25) is 0 Å². The van der Waals surface area contributed by atoms with Gasteiger partial charge in [-0.2, -0.15) is 0 Å². The summed E-state index contributed by atoms with van der Waals surface area (Å²) in [5.41, 5.74) is 2.01. The number of nitrogens with zero attached hydrogens (tertiary/aromatic N) is 3. The molecule has 0 bridgehead atoms. The van der Waals surface area contributed by atoms with Crippen molar-refractivity contribution in [2.75, 3.05) is 26.2 Å². The maximum absolute atomic E-state index is 12.7. The van der Waals surface area contributed by atoms with Gasteiger partial charge in [0.25, 0.3) is 11.8 Å². The zero-order valence-electron chi connectivity index (χ0n) is 14.0. The summed E-state index contributed by atoms with van der Waals surface area (Å²) < 4.78 is 4.96. The predicted octanol–water partition coefficient (Wildman–Crippen LogP) is 3.00. The summed E-state index contributed by atoms with van der Waals surface area (Å²) in [6.07, 6.45) is 2.93. The first-order chi connectivity index (χ1) is 12.7. The Labute approximate surface area is 154 Å². The van der Waals surface area contributed by atoms with Gasteiger partial charge in [0.05, 0.1) is 11.8 Å². The third kappa shape index (κ3) is 3.25. The maximum Gasteiger partial charge on any atom is 0.273 e. The molecule has 2 aromatic heterocycles. The van der Waals surface area contributed by atoms with Gasteiger partial charge in [0.15, 0.2) is 0 Å². The van der Waals surface area contributed by atoms with Gasteiger partial charge in [-0.3, -0.25) is 9.59 Å². The second-order valence-corrected chi connectivity index (χ2v) is 6.86. The number of hydrogen-bond acceptors (Lipinski definition) is 5. The Balaban J connectivity index is 1.40. The Morgan fingerprint density at radius 3 is 2.31 bits per heavy atom. The Kier molecular flexibility index (Phi) is 4.53. The van der Waals surface area contributed by atoms with Crippen molar-refractivity contribution in [3.63, 3.8) is 0 Å². The zero-order valence-corrected chi connectivity index (χ0v) is 14.8. The van der Waals surface area contributed by atoms with Crippen molar-refractivity contribution >= 4 is 23.2 Å². The zero-order chi connectivity index (χ0) is 17.9. The summed E-state index contributed by atoms with van der Waals surface area (Å²) in [7, 11) is 0. The lowest BCUT2D eigenvalue weighted by atomic mass is 10.2. The fourth-order valence-electron chi connectivity index (χ4n) is 2.93. The number of piperazine rings is 1. The lowest BCUT2D eigenvalue weighted by Gasteiger charge is -2.34. The molecule has 0 radical (unpaired) electrons. The van der Waals surface area contributed by atoms with E-state index in [1.807, 2.05) is 30.3 Å². The van der Waals surface area contributed by atoms with Crippen LogP contribution in [0.2, 0.25) is 0 Å². The Hall–Kier alpha value is -2.93. The minimum Gasteiger partial charge on any atom is -0.472 e. The number of carbonyl (C=O) groups is 2. The molecule has 3 heterocycles. The molecule has 2 amide bonds. The van der Waals surface area contributed by atoms with Gasteiger partial charge in [0, 0.05) is 37.1 Å². The van der Waals surface area contributed by atoms with Gasteiger partial charge in [-0.05, 0) is 6.07 Å². The monoisotopic (exact) mass is 367 g/mol. The van der Waals surface area contributed by atoms with Crippen molar-refractivity contribution in [1.29, 1.82) is 0 Å². The normalized spacial score (nSPS) is 14.5.